The average molecular weight is 531 g/mol. The van der Waals surface area contributed by atoms with Gasteiger partial charge in [-0.05, 0) is 44.7 Å². The van der Waals surface area contributed by atoms with E-state index in [1.54, 1.807) is 24.5 Å². The number of nitrogens with zero attached hydrogens (tertiary/aromatic N) is 4. The quantitative estimate of drug-likeness (QED) is 0.404. The Morgan fingerprint density at radius 3 is 2.86 bits per heavy atom. The Morgan fingerprint density at radius 1 is 1.25 bits per heavy atom. The van der Waals surface area contributed by atoms with Gasteiger partial charge in [0.25, 0.3) is 5.91 Å². The maximum absolute atomic E-state index is 13.2. The van der Waals surface area contributed by atoms with Gasteiger partial charge in [-0.2, -0.15) is 0 Å². The summed E-state index contributed by atoms with van der Waals surface area (Å²) in [6.45, 7) is 2.91. The van der Waals surface area contributed by atoms with Crippen LogP contribution in [-0.2, 0) is 14.8 Å². The minimum Gasteiger partial charge on any atom is -0.477 e. The van der Waals surface area contributed by atoms with Crippen molar-refractivity contribution in [2.24, 2.45) is 0 Å². The maximum Gasteiger partial charge on any atom is 0.280 e. The van der Waals surface area contributed by atoms with E-state index in [1.807, 2.05) is 6.92 Å². The first-order valence-electron chi connectivity index (χ1n) is 11.7. The number of pyridine rings is 1. The van der Waals surface area contributed by atoms with E-state index >= 15 is 0 Å². The van der Waals surface area contributed by atoms with Crippen molar-refractivity contribution >= 4 is 33.0 Å². The molecule has 2 atom stereocenters. The third-order valence-corrected chi connectivity index (χ3v) is 8.69. The molecule has 13 heteroatoms. The SMILES string of the molecule is CCOc1cncc(-c2cnc(C(=O)N[C@H](c3cc(NS(=O)(=O)C4CC4)ccn3)[C@@H]3CCCO3)s2)n1. The zero-order valence-electron chi connectivity index (χ0n) is 19.6. The number of hydrogen-bond donors (Lipinski definition) is 2. The topological polar surface area (TPSA) is 145 Å². The second-order valence-corrected chi connectivity index (χ2v) is 11.5. The van der Waals surface area contributed by atoms with Crippen LogP contribution in [0.25, 0.3) is 10.6 Å². The molecule has 3 aromatic heterocycles. The normalized spacial score (nSPS) is 18.5. The molecule has 4 heterocycles. The Kier molecular flexibility index (Phi) is 7.12. The van der Waals surface area contributed by atoms with E-state index in [0.717, 1.165) is 12.8 Å². The lowest BCUT2D eigenvalue weighted by molar-refractivity contribution is 0.0663. The van der Waals surface area contributed by atoms with Crippen LogP contribution in [0.3, 0.4) is 0 Å². The summed E-state index contributed by atoms with van der Waals surface area (Å²) in [5.41, 5.74) is 1.48. The smallest absolute Gasteiger partial charge is 0.280 e. The summed E-state index contributed by atoms with van der Waals surface area (Å²) in [5, 5.41) is 2.90. The molecule has 2 aliphatic rings. The minimum absolute atomic E-state index is 0.252. The second kappa shape index (κ2) is 10.4. The fraction of sp³-hybridized carbons (Fsp3) is 0.435. The van der Waals surface area contributed by atoms with Crippen LogP contribution >= 0.6 is 11.3 Å². The van der Waals surface area contributed by atoms with Gasteiger partial charge in [-0.1, -0.05) is 0 Å². The molecule has 11 nitrogen and oxygen atoms in total. The first-order valence-corrected chi connectivity index (χ1v) is 14.1. The minimum atomic E-state index is -3.42. The standard InChI is InChI=1S/C23H26N6O5S2/c1-2-33-20-13-24-11-17(27-20)19-12-26-23(35-19)22(30)28-21(18-4-3-9-34-18)16-10-14(7-8-25-16)29-36(31,32)15-5-6-15/h7-8,10-13,15,18,21H,2-6,9H2,1H3,(H,25,29)(H,28,30)/t18-,21+/m0/s1. The fourth-order valence-electron chi connectivity index (χ4n) is 3.92. The number of ether oxygens (including phenoxy) is 2. The Balaban J connectivity index is 1.35. The van der Waals surface area contributed by atoms with E-state index in [-0.39, 0.29) is 22.3 Å². The lowest BCUT2D eigenvalue weighted by Crippen LogP contribution is -2.36. The summed E-state index contributed by atoms with van der Waals surface area (Å²) in [6.07, 6.45) is 8.87. The number of carbonyl (C=O) groups excluding carboxylic acids is 1. The molecular weight excluding hydrogens is 504 g/mol. The number of thiazole rings is 1. The van der Waals surface area contributed by atoms with Crippen LogP contribution in [0.2, 0.25) is 0 Å². The molecule has 1 saturated heterocycles. The van der Waals surface area contributed by atoms with Gasteiger partial charge in [0, 0.05) is 19.0 Å². The van der Waals surface area contributed by atoms with Crippen molar-refractivity contribution in [1.82, 2.24) is 25.3 Å². The molecule has 3 aromatic rings. The molecule has 1 aliphatic heterocycles. The van der Waals surface area contributed by atoms with Crippen LogP contribution in [0.1, 0.15) is 54.1 Å². The van der Waals surface area contributed by atoms with Crippen LogP contribution in [0.15, 0.2) is 36.9 Å². The van der Waals surface area contributed by atoms with Crippen molar-refractivity contribution in [1.29, 1.82) is 0 Å². The zero-order valence-corrected chi connectivity index (χ0v) is 21.2. The van der Waals surface area contributed by atoms with E-state index in [4.69, 9.17) is 9.47 Å². The molecule has 0 spiro atoms. The van der Waals surface area contributed by atoms with E-state index in [9.17, 15) is 13.2 Å². The lowest BCUT2D eigenvalue weighted by atomic mass is 10.0. The Morgan fingerprint density at radius 2 is 2.11 bits per heavy atom. The van der Waals surface area contributed by atoms with Crippen molar-refractivity contribution in [3.8, 4) is 16.5 Å². The number of hydrogen-bond acceptors (Lipinski definition) is 10. The number of nitrogens with one attached hydrogen (secondary N) is 2. The summed E-state index contributed by atoms with van der Waals surface area (Å²) in [4.78, 5) is 31.1. The molecule has 0 radical (unpaired) electrons. The molecular formula is C23H26N6O5S2. The van der Waals surface area contributed by atoms with Crippen molar-refractivity contribution < 1.29 is 22.7 Å². The van der Waals surface area contributed by atoms with Crippen molar-refractivity contribution in [3.63, 3.8) is 0 Å². The molecule has 2 fully saturated rings. The maximum atomic E-state index is 13.2. The second-order valence-electron chi connectivity index (χ2n) is 8.52. The predicted molar refractivity (Wildman–Crippen MR) is 133 cm³/mol. The highest BCUT2D eigenvalue weighted by Crippen LogP contribution is 2.32. The summed E-state index contributed by atoms with van der Waals surface area (Å²) in [5.74, 6) is 0.0162. The molecule has 36 heavy (non-hydrogen) atoms. The summed E-state index contributed by atoms with van der Waals surface area (Å²) in [6, 6.07) is 2.68. The highest BCUT2D eigenvalue weighted by atomic mass is 32.2. The van der Waals surface area contributed by atoms with Crippen molar-refractivity contribution in [3.05, 3.63) is 47.6 Å². The number of rotatable bonds is 10. The highest BCUT2D eigenvalue weighted by Gasteiger charge is 2.36. The van der Waals surface area contributed by atoms with Crippen LogP contribution in [0.4, 0.5) is 5.69 Å². The monoisotopic (exact) mass is 530 g/mol. The lowest BCUT2D eigenvalue weighted by Gasteiger charge is -2.24. The molecule has 2 N–H and O–H groups in total. The van der Waals surface area contributed by atoms with Crippen molar-refractivity contribution in [2.75, 3.05) is 17.9 Å². The first-order chi connectivity index (χ1) is 17.4. The largest absolute Gasteiger partial charge is 0.477 e. The van der Waals surface area contributed by atoms with Gasteiger partial charge in [-0.15, -0.1) is 11.3 Å². The molecule has 5 rings (SSSR count). The number of aromatic nitrogens is 4. The predicted octanol–water partition coefficient (Wildman–Crippen LogP) is 2.95. The van der Waals surface area contributed by atoms with Gasteiger partial charge in [0.15, 0.2) is 5.01 Å². The van der Waals surface area contributed by atoms with Gasteiger partial charge in [-0.3, -0.25) is 19.5 Å². The summed E-state index contributed by atoms with van der Waals surface area (Å²) < 4.78 is 38.7. The van der Waals surface area contributed by atoms with Crippen LogP contribution in [-0.4, -0.2) is 58.8 Å². The van der Waals surface area contributed by atoms with Crippen LogP contribution in [0, 0.1) is 0 Å². The molecule has 1 amide bonds. The van der Waals surface area contributed by atoms with Crippen LogP contribution < -0.4 is 14.8 Å². The summed E-state index contributed by atoms with van der Waals surface area (Å²) in [7, 11) is -3.42. The Labute approximate surface area is 212 Å². The highest BCUT2D eigenvalue weighted by molar-refractivity contribution is 7.93. The van der Waals surface area contributed by atoms with Gasteiger partial charge in [0.2, 0.25) is 15.9 Å². The molecule has 0 aromatic carbocycles. The molecule has 0 bridgehead atoms. The van der Waals surface area contributed by atoms with Crippen molar-refractivity contribution in [2.45, 2.75) is 50.0 Å². The average Bonchev–Trinajstić information content (AvgIpc) is 3.38. The Hall–Kier alpha value is -3.16. The number of amides is 1. The number of sulfonamides is 1. The number of anilines is 1. The fourth-order valence-corrected chi connectivity index (χ4v) is 6.07. The summed E-state index contributed by atoms with van der Waals surface area (Å²) >= 11 is 1.19. The molecule has 0 unspecified atom stereocenters. The van der Waals surface area contributed by atoms with Gasteiger partial charge < -0.3 is 14.8 Å². The third-order valence-electron chi connectivity index (χ3n) is 5.80. The van der Waals surface area contributed by atoms with Gasteiger partial charge in [0.05, 0.1) is 52.7 Å². The Bertz CT molecular complexity index is 1340. The molecule has 1 saturated carbocycles. The zero-order chi connectivity index (χ0) is 25.1. The molecule has 190 valence electrons. The van der Waals surface area contributed by atoms with E-state index in [0.29, 0.717) is 53.9 Å². The number of carbonyl (C=O) groups is 1. The van der Waals surface area contributed by atoms with Gasteiger partial charge in [-0.25, -0.2) is 18.4 Å². The third kappa shape index (κ3) is 5.63. The van der Waals surface area contributed by atoms with Gasteiger partial charge in [0.1, 0.15) is 5.69 Å². The van der Waals surface area contributed by atoms with Crippen LogP contribution in [0.5, 0.6) is 5.88 Å². The van der Waals surface area contributed by atoms with Gasteiger partial charge >= 0.3 is 0 Å². The molecule has 1 aliphatic carbocycles. The van der Waals surface area contributed by atoms with E-state index < -0.39 is 16.1 Å². The van der Waals surface area contributed by atoms with E-state index in [1.165, 1.54) is 23.7 Å². The first kappa shape index (κ1) is 24.5. The van der Waals surface area contributed by atoms with E-state index in [2.05, 4.69) is 30.0 Å².